The molecule has 0 atom stereocenters. The summed E-state index contributed by atoms with van der Waals surface area (Å²) in [5, 5.41) is 6.05. The van der Waals surface area contributed by atoms with Crippen LogP contribution in [-0.4, -0.2) is 32.9 Å². The molecular weight excluding hydrogens is 522 g/mol. The van der Waals surface area contributed by atoms with Crippen LogP contribution in [0.4, 0.5) is 5.82 Å². The van der Waals surface area contributed by atoms with Gasteiger partial charge in [0.2, 0.25) is 5.91 Å². The fraction of sp³-hybridized carbons (Fsp3) is 0.0857. The average molecular weight is 552 g/mol. The summed E-state index contributed by atoms with van der Waals surface area (Å²) in [4.78, 5) is 37.0. The summed E-state index contributed by atoms with van der Waals surface area (Å²) in [6.45, 7) is 0.816. The molecule has 4 aromatic carbocycles. The topological polar surface area (TPSA) is 88.9 Å². The lowest BCUT2D eigenvalue weighted by Gasteiger charge is -2.12. The zero-order chi connectivity index (χ0) is 28.7. The molecule has 0 aliphatic heterocycles. The smallest absolute Gasteiger partial charge is 0.257 e. The van der Waals surface area contributed by atoms with Gasteiger partial charge >= 0.3 is 0 Å². The minimum atomic E-state index is -0.362. The van der Waals surface area contributed by atoms with Gasteiger partial charge in [-0.2, -0.15) is 0 Å². The maximum absolute atomic E-state index is 13.9. The van der Waals surface area contributed by atoms with Crippen LogP contribution < -0.4 is 10.6 Å². The molecule has 6 aromatic rings. The highest BCUT2D eigenvalue weighted by atomic mass is 16.2. The summed E-state index contributed by atoms with van der Waals surface area (Å²) in [5.74, 6) is -0.336. The molecule has 206 valence electrons. The Kier molecular flexibility index (Phi) is 7.81. The zero-order valence-electron chi connectivity index (χ0n) is 22.9. The molecule has 0 spiro atoms. The number of carbonyl (C=O) groups excluding carboxylic acids is 2. The van der Waals surface area contributed by atoms with Gasteiger partial charge in [-0.05, 0) is 41.3 Å². The molecule has 2 aromatic heterocycles. The first-order valence-electron chi connectivity index (χ1n) is 13.8. The molecule has 0 saturated heterocycles. The van der Waals surface area contributed by atoms with Crippen molar-refractivity contribution in [1.29, 1.82) is 0 Å². The van der Waals surface area contributed by atoms with Gasteiger partial charge in [0.25, 0.3) is 5.91 Å². The van der Waals surface area contributed by atoms with Crippen LogP contribution in [0.3, 0.4) is 0 Å². The van der Waals surface area contributed by atoms with E-state index in [4.69, 9.17) is 9.97 Å². The van der Waals surface area contributed by atoms with E-state index in [1.54, 1.807) is 6.08 Å². The maximum Gasteiger partial charge on any atom is 0.257 e. The van der Waals surface area contributed by atoms with Crippen molar-refractivity contribution in [3.63, 3.8) is 0 Å². The van der Waals surface area contributed by atoms with Gasteiger partial charge in [0, 0.05) is 12.6 Å². The van der Waals surface area contributed by atoms with E-state index in [0.717, 1.165) is 16.7 Å². The monoisotopic (exact) mass is 551 g/mol. The first kappa shape index (κ1) is 26.7. The van der Waals surface area contributed by atoms with E-state index < -0.39 is 0 Å². The Morgan fingerprint density at radius 2 is 1.31 bits per heavy atom. The molecule has 2 N–H and O–H groups in total. The summed E-state index contributed by atoms with van der Waals surface area (Å²) >= 11 is 0. The molecule has 0 radical (unpaired) electrons. The van der Waals surface area contributed by atoms with Crippen LogP contribution in [-0.2, 0) is 17.8 Å². The Bertz CT molecular complexity index is 1880. The lowest BCUT2D eigenvalue weighted by molar-refractivity contribution is -0.111. The highest BCUT2D eigenvalue weighted by molar-refractivity contribution is 6.14. The molecule has 0 aliphatic rings. The van der Waals surface area contributed by atoms with E-state index in [0.29, 0.717) is 47.5 Å². The van der Waals surface area contributed by atoms with E-state index in [-0.39, 0.29) is 17.4 Å². The zero-order valence-corrected chi connectivity index (χ0v) is 22.9. The largest absolute Gasteiger partial charge is 0.352 e. The van der Waals surface area contributed by atoms with E-state index in [9.17, 15) is 9.59 Å². The van der Waals surface area contributed by atoms with Crippen molar-refractivity contribution >= 4 is 45.9 Å². The summed E-state index contributed by atoms with van der Waals surface area (Å²) in [6.07, 6.45) is 3.88. The van der Waals surface area contributed by atoms with E-state index in [2.05, 4.69) is 10.6 Å². The normalized spacial score (nSPS) is 11.2. The number of fused-ring (bicyclic) bond motifs is 2. The van der Waals surface area contributed by atoms with Gasteiger partial charge in [0.1, 0.15) is 16.9 Å². The predicted molar refractivity (Wildman–Crippen MR) is 167 cm³/mol. The Hall–Kier alpha value is -5.56. The van der Waals surface area contributed by atoms with Crippen LogP contribution in [0.1, 0.15) is 27.0 Å². The molecule has 2 heterocycles. The number of anilines is 1. The highest BCUT2D eigenvalue weighted by Gasteiger charge is 2.26. The molecule has 0 fully saturated rings. The van der Waals surface area contributed by atoms with Crippen molar-refractivity contribution < 1.29 is 9.59 Å². The molecule has 0 saturated carbocycles. The molecule has 0 bridgehead atoms. The van der Waals surface area contributed by atoms with Crippen LogP contribution in [0.25, 0.3) is 28.3 Å². The number of benzene rings is 4. The fourth-order valence-corrected chi connectivity index (χ4v) is 4.91. The predicted octanol–water partition coefficient (Wildman–Crippen LogP) is 6.26. The highest BCUT2D eigenvalue weighted by Crippen LogP contribution is 2.31. The Labute approximate surface area is 243 Å². The first-order valence-corrected chi connectivity index (χ1v) is 13.8. The molecule has 6 rings (SSSR count). The second-order valence-corrected chi connectivity index (χ2v) is 9.90. The van der Waals surface area contributed by atoms with Crippen molar-refractivity contribution in [1.82, 2.24) is 19.9 Å². The Balaban J connectivity index is 1.44. The van der Waals surface area contributed by atoms with Crippen LogP contribution in [0.5, 0.6) is 0 Å². The SMILES string of the molecule is O=C(/C=C/c1ccccc1)Nc1c(C(=O)NCCc2ccccc2)c2nc3ccccc3nc2n1Cc1ccccc1. The summed E-state index contributed by atoms with van der Waals surface area (Å²) in [7, 11) is 0. The van der Waals surface area contributed by atoms with Crippen LogP contribution in [0.2, 0.25) is 0 Å². The third kappa shape index (κ3) is 5.95. The van der Waals surface area contributed by atoms with Gasteiger partial charge in [0.05, 0.1) is 17.6 Å². The first-order chi connectivity index (χ1) is 20.7. The van der Waals surface area contributed by atoms with Gasteiger partial charge < -0.3 is 15.2 Å². The second-order valence-electron chi connectivity index (χ2n) is 9.90. The second kappa shape index (κ2) is 12.3. The van der Waals surface area contributed by atoms with E-state index >= 15 is 0 Å². The summed E-state index contributed by atoms with van der Waals surface area (Å²) in [5.41, 5.74) is 5.62. The Morgan fingerprint density at radius 1 is 0.714 bits per heavy atom. The van der Waals surface area contributed by atoms with Gasteiger partial charge in [0.15, 0.2) is 5.65 Å². The Morgan fingerprint density at radius 3 is 2.00 bits per heavy atom. The van der Waals surface area contributed by atoms with Crippen LogP contribution in [0.15, 0.2) is 121 Å². The van der Waals surface area contributed by atoms with Gasteiger partial charge in [-0.25, -0.2) is 9.97 Å². The van der Waals surface area contributed by atoms with Gasteiger partial charge in [-0.15, -0.1) is 0 Å². The molecule has 7 heteroatoms. The van der Waals surface area contributed by atoms with Crippen LogP contribution >= 0.6 is 0 Å². The van der Waals surface area contributed by atoms with Gasteiger partial charge in [-0.3, -0.25) is 9.59 Å². The maximum atomic E-state index is 13.9. The van der Waals surface area contributed by atoms with Crippen molar-refractivity contribution in [2.24, 2.45) is 0 Å². The minimum absolute atomic E-state index is 0.286. The number of hydrogen-bond acceptors (Lipinski definition) is 4. The molecule has 0 unspecified atom stereocenters. The van der Waals surface area contributed by atoms with Crippen molar-refractivity contribution in [3.05, 3.63) is 144 Å². The number of rotatable bonds is 9. The van der Waals surface area contributed by atoms with Crippen LogP contribution in [0, 0.1) is 0 Å². The van der Waals surface area contributed by atoms with E-state index in [1.807, 2.05) is 120 Å². The number of hydrogen-bond donors (Lipinski definition) is 2. The number of aromatic nitrogens is 3. The number of nitrogens with zero attached hydrogens (tertiary/aromatic N) is 3. The van der Waals surface area contributed by atoms with E-state index in [1.165, 1.54) is 6.08 Å². The minimum Gasteiger partial charge on any atom is -0.352 e. The number of amides is 2. The fourth-order valence-electron chi connectivity index (χ4n) is 4.91. The summed E-state index contributed by atoms with van der Waals surface area (Å²) in [6, 6.07) is 37.0. The molecule has 42 heavy (non-hydrogen) atoms. The standard InChI is InChI=1S/C35H29N5O2/c41-30(21-20-25-12-4-1-5-13-25)39-33-31(35(42)36-23-22-26-14-6-2-7-15-26)32-34(38-29-19-11-10-18-28(29)37-32)40(33)24-27-16-8-3-9-17-27/h1-21H,22-24H2,(H,36,42)(H,39,41)/b21-20+. The lowest BCUT2D eigenvalue weighted by atomic mass is 10.1. The number of carbonyl (C=O) groups is 2. The third-order valence-electron chi connectivity index (χ3n) is 6.97. The van der Waals surface area contributed by atoms with Crippen molar-refractivity contribution in [3.8, 4) is 0 Å². The molecule has 2 amide bonds. The number of nitrogens with one attached hydrogen (secondary N) is 2. The third-order valence-corrected chi connectivity index (χ3v) is 6.97. The molecule has 0 aliphatic carbocycles. The van der Waals surface area contributed by atoms with Gasteiger partial charge in [-0.1, -0.05) is 103 Å². The molecule has 7 nitrogen and oxygen atoms in total. The average Bonchev–Trinajstić information content (AvgIpc) is 3.31. The summed E-state index contributed by atoms with van der Waals surface area (Å²) < 4.78 is 1.87. The quantitative estimate of drug-likeness (QED) is 0.208. The van der Waals surface area contributed by atoms with Crippen molar-refractivity contribution in [2.45, 2.75) is 13.0 Å². The number of para-hydroxylation sites is 2. The van der Waals surface area contributed by atoms with Crippen molar-refractivity contribution in [2.75, 3.05) is 11.9 Å². The molecular formula is C35H29N5O2. The lowest BCUT2D eigenvalue weighted by Crippen LogP contribution is -2.27.